The molecule has 3 aliphatic carbocycles. The Balaban J connectivity index is 1.65. The lowest BCUT2D eigenvalue weighted by molar-refractivity contribution is -0.411. The minimum Gasteiger partial charge on any atom is -0.324 e. The first kappa shape index (κ1) is 18.9. The summed E-state index contributed by atoms with van der Waals surface area (Å²) >= 11 is 0. The molecule has 0 unspecified atom stereocenters. The van der Waals surface area contributed by atoms with Crippen molar-refractivity contribution >= 4 is 10.2 Å². The van der Waals surface area contributed by atoms with Gasteiger partial charge in [0.1, 0.15) is 0 Å². The molecule has 4 heteroatoms. The predicted octanol–water partition coefficient (Wildman–Crippen LogP) is 4.47. The van der Waals surface area contributed by atoms with Crippen molar-refractivity contribution in [1.82, 2.24) is 0 Å². The average Bonchev–Trinajstić information content (AvgIpc) is 2.64. The molecule has 140 valence electrons. The minimum atomic E-state index is -0.724. The van der Waals surface area contributed by atoms with E-state index in [0.29, 0.717) is 18.3 Å². The van der Waals surface area contributed by atoms with Crippen LogP contribution >= 0.6 is 0 Å². The van der Waals surface area contributed by atoms with Crippen LogP contribution in [-0.4, -0.2) is 34.5 Å². The van der Waals surface area contributed by atoms with E-state index in [4.69, 9.17) is 14.2 Å². The molecule has 0 aromatic rings. The second-order valence-corrected chi connectivity index (χ2v) is 8.88. The summed E-state index contributed by atoms with van der Waals surface area (Å²) in [5.74, 6) is -0.724. The lowest BCUT2D eigenvalue weighted by atomic mass is 9.97. The SMILES string of the molecule is [SiH3]CC(OC1CCCCC1)(OC1CCCCC1)OC1CCCCC1. The summed E-state index contributed by atoms with van der Waals surface area (Å²) in [6.07, 6.45) is 20.0. The van der Waals surface area contributed by atoms with Crippen LogP contribution in [0.25, 0.3) is 0 Å². The van der Waals surface area contributed by atoms with Crippen molar-refractivity contribution < 1.29 is 14.2 Å². The summed E-state index contributed by atoms with van der Waals surface area (Å²) in [6.45, 7) is 0. The van der Waals surface area contributed by atoms with E-state index in [0.717, 1.165) is 16.3 Å². The highest BCUT2D eigenvalue weighted by atomic mass is 28.1. The fourth-order valence-electron chi connectivity index (χ4n) is 4.64. The fraction of sp³-hybridized carbons (Fsp3) is 1.00. The topological polar surface area (TPSA) is 27.7 Å². The third kappa shape index (κ3) is 5.55. The minimum absolute atomic E-state index is 0.347. The molecule has 0 heterocycles. The zero-order valence-corrected chi connectivity index (χ0v) is 17.8. The third-order valence-electron chi connectivity index (χ3n) is 6.13. The van der Waals surface area contributed by atoms with Gasteiger partial charge in [-0.25, -0.2) is 0 Å². The molecular weight excluding hydrogens is 316 g/mol. The Hall–Kier alpha value is 0.0969. The molecule has 0 aliphatic heterocycles. The summed E-state index contributed by atoms with van der Waals surface area (Å²) < 4.78 is 19.9. The van der Waals surface area contributed by atoms with Gasteiger partial charge in [0, 0.05) is 16.3 Å². The lowest BCUT2D eigenvalue weighted by Crippen LogP contribution is -2.48. The number of hydrogen-bond acceptors (Lipinski definition) is 3. The van der Waals surface area contributed by atoms with E-state index in [1.165, 1.54) is 96.3 Å². The summed E-state index contributed by atoms with van der Waals surface area (Å²) in [6, 6.07) is 0.941. The molecule has 3 nitrogen and oxygen atoms in total. The van der Waals surface area contributed by atoms with Crippen LogP contribution in [0.15, 0.2) is 0 Å². The number of rotatable bonds is 7. The first-order valence-electron chi connectivity index (χ1n) is 10.8. The van der Waals surface area contributed by atoms with Crippen LogP contribution in [0.4, 0.5) is 0 Å². The smallest absolute Gasteiger partial charge is 0.280 e. The Morgan fingerprint density at radius 2 is 0.833 bits per heavy atom. The highest BCUT2D eigenvalue weighted by molar-refractivity contribution is 6.09. The Labute approximate surface area is 151 Å². The Bertz CT molecular complexity index is 294. The molecule has 3 aliphatic rings. The normalized spacial score (nSPS) is 26.0. The van der Waals surface area contributed by atoms with Gasteiger partial charge in [-0.2, -0.15) is 0 Å². The van der Waals surface area contributed by atoms with Crippen LogP contribution in [-0.2, 0) is 14.2 Å². The van der Waals surface area contributed by atoms with E-state index in [-0.39, 0.29) is 0 Å². The highest BCUT2D eigenvalue weighted by Crippen LogP contribution is 2.36. The van der Waals surface area contributed by atoms with Gasteiger partial charge in [-0.1, -0.05) is 57.8 Å². The van der Waals surface area contributed by atoms with Gasteiger partial charge in [-0.15, -0.1) is 0 Å². The van der Waals surface area contributed by atoms with Crippen molar-refractivity contribution in [2.24, 2.45) is 0 Å². The second-order valence-electron chi connectivity index (χ2n) is 8.17. The molecular formula is C20H38O3Si. The molecule has 0 atom stereocenters. The lowest BCUT2D eigenvalue weighted by Gasteiger charge is -2.42. The van der Waals surface area contributed by atoms with E-state index >= 15 is 0 Å². The molecule has 0 saturated heterocycles. The molecule has 0 N–H and O–H groups in total. The van der Waals surface area contributed by atoms with E-state index in [1.807, 2.05) is 0 Å². The molecule has 0 spiro atoms. The van der Waals surface area contributed by atoms with E-state index in [2.05, 4.69) is 0 Å². The molecule has 3 rings (SSSR count). The van der Waals surface area contributed by atoms with Gasteiger partial charge in [0.25, 0.3) is 5.97 Å². The zero-order valence-electron chi connectivity index (χ0n) is 15.8. The quantitative estimate of drug-likeness (QED) is 0.498. The second kappa shape index (κ2) is 9.70. The van der Waals surface area contributed by atoms with Gasteiger partial charge in [-0.3, -0.25) is 0 Å². The van der Waals surface area contributed by atoms with Gasteiger partial charge in [-0.05, 0) is 38.5 Å². The molecule has 24 heavy (non-hydrogen) atoms. The molecule has 0 aromatic heterocycles. The van der Waals surface area contributed by atoms with E-state index in [1.54, 1.807) is 0 Å². The molecule has 3 saturated carbocycles. The standard InChI is InChI=1S/C20H38O3Si/c24-16-20(21-17-10-4-1-5-11-17,22-18-12-6-2-7-13-18)23-19-14-8-3-9-15-19/h17-19H,1-16H2,24H3. The van der Waals surface area contributed by atoms with Crippen molar-refractivity contribution in [3.8, 4) is 0 Å². The summed E-state index contributed by atoms with van der Waals surface area (Å²) in [5.41, 5.74) is 0. The van der Waals surface area contributed by atoms with Crippen LogP contribution in [0.2, 0.25) is 6.04 Å². The maximum Gasteiger partial charge on any atom is 0.280 e. The van der Waals surface area contributed by atoms with Crippen molar-refractivity contribution in [2.75, 3.05) is 0 Å². The van der Waals surface area contributed by atoms with Gasteiger partial charge in [0.2, 0.25) is 0 Å². The first-order chi connectivity index (χ1) is 11.8. The number of ether oxygens (including phenoxy) is 3. The largest absolute Gasteiger partial charge is 0.324 e. The molecule has 0 amide bonds. The van der Waals surface area contributed by atoms with Crippen LogP contribution in [0.1, 0.15) is 96.3 Å². The maximum absolute atomic E-state index is 6.62. The number of hydrogen-bond donors (Lipinski definition) is 0. The van der Waals surface area contributed by atoms with Crippen LogP contribution < -0.4 is 0 Å². The zero-order chi connectivity index (χ0) is 16.7. The average molecular weight is 355 g/mol. The van der Waals surface area contributed by atoms with E-state index in [9.17, 15) is 0 Å². The van der Waals surface area contributed by atoms with Gasteiger partial charge >= 0.3 is 0 Å². The molecule has 0 bridgehead atoms. The first-order valence-corrected chi connectivity index (χ1v) is 12.2. The van der Waals surface area contributed by atoms with Crippen molar-refractivity contribution in [2.45, 2.75) is 127 Å². The summed E-state index contributed by atoms with van der Waals surface area (Å²) in [7, 11) is 1.06. The Morgan fingerprint density at radius 1 is 0.542 bits per heavy atom. The third-order valence-corrected chi connectivity index (χ3v) is 6.99. The predicted molar refractivity (Wildman–Crippen MR) is 101 cm³/mol. The highest BCUT2D eigenvalue weighted by Gasteiger charge is 2.40. The monoisotopic (exact) mass is 354 g/mol. The fourth-order valence-corrected chi connectivity index (χ4v) is 5.14. The van der Waals surface area contributed by atoms with E-state index < -0.39 is 5.97 Å². The van der Waals surface area contributed by atoms with Crippen molar-refractivity contribution in [3.63, 3.8) is 0 Å². The van der Waals surface area contributed by atoms with Crippen LogP contribution in [0.3, 0.4) is 0 Å². The van der Waals surface area contributed by atoms with Gasteiger partial charge < -0.3 is 14.2 Å². The van der Waals surface area contributed by atoms with Crippen molar-refractivity contribution in [1.29, 1.82) is 0 Å². The van der Waals surface area contributed by atoms with Crippen LogP contribution in [0, 0.1) is 0 Å². The van der Waals surface area contributed by atoms with Crippen molar-refractivity contribution in [3.05, 3.63) is 0 Å². The molecule has 0 aromatic carbocycles. The van der Waals surface area contributed by atoms with Gasteiger partial charge in [0.05, 0.1) is 18.3 Å². The summed E-state index contributed by atoms with van der Waals surface area (Å²) in [4.78, 5) is 0. The maximum atomic E-state index is 6.62. The van der Waals surface area contributed by atoms with Crippen LogP contribution in [0.5, 0.6) is 0 Å². The molecule has 3 fully saturated rings. The molecule has 0 radical (unpaired) electrons. The Kier molecular flexibility index (Phi) is 7.63. The van der Waals surface area contributed by atoms with Gasteiger partial charge in [0.15, 0.2) is 0 Å². The summed E-state index contributed by atoms with van der Waals surface area (Å²) in [5, 5.41) is 0. The Morgan fingerprint density at radius 3 is 1.08 bits per heavy atom.